The number of hydrogen-bond donors (Lipinski definition) is 0. The zero-order chi connectivity index (χ0) is 44.1. The van der Waals surface area contributed by atoms with Crippen LogP contribution in [0.25, 0.3) is 0 Å². The van der Waals surface area contributed by atoms with E-state index >= 15 is 0 Å². The maximum absolute atomic E-state index is 7.51. The topological polar surface area (TPSA) is 92.3 Å². The minimum atomic E-state index is -2.55. The summed E-state index contributed by atoms with van der Waals surface area (Å²) in [4.78, 5) is 1.02. The molecule has 64 heavy (non-hydrogen) atoms. The molecule has 4 aliphatic rings. The highest BCUT2D eigenvalue weighted by molar-refractivity contribution is 7.99. The standard InChI is InChI=1S/C52H60O10SSi/c1-52(2,3)64(4,5)62-46-44(53-31-35-21-11-6-12-22-35)42-40(33-55-48(59-42)37-25-15-8-16-26-37)57-50(46)61-47-45(54-32-36-23-13-7-14-24-36)43-41(58-51(47)63-39-29-19-10-20-30-39)34-56-49(60-43)38-27-17-9-18-28-38/h6-30,40-51H,31-34H2,1-5H3/t40?,41?,42-,43-,44-,45-,46?,47?,48?,49?,50-,51-/m0/s1. The molecule has 0 spiro atoms. The minimum absolute atomic E-state index is 0.155. The van der Waals surface area contributed by atoms with Crippen molar-refractivity contribution in [2.75, 3.05) is 13.2 Å². The van der Waals surface area contributed by atoms with Crippen LogP contribution in [0.3, 0.4) is 0 Å². The van der Waals surface area contributed by atoms with Gasteiger partial charge in [-0.1, -0.05) is 172 Å². The second-order valence-electron chi connectivity index (χ2n) is 18.3. The van der Waals surface area contributed by atoms with Gasteiger partial charge in [0.25, 0.3) is 0 Å². The smallest absolute Gasteiger partial charge is 0.192 e. The zero-order valence-electron chi connectivity index (χ0n) is 37.2. The number of thioether (sulfide) groups is 1. The normalized spacial score (nSPS) is 30.8. The first-order valence-corrected chi connectivity index (χ1v) is 26.2. The molecule has 12 heteroatoms. The van der Waals surface area contributed by atoms with Gasteiger partial charge < -0.3 is 47.1 Å². The molecule has 0 saturated carbocycles. The van der Waals surface area contributed by atoms with E-state index in [4.69, 9.17) is 47.1 Å². The van der Waals surface area contributed by atoms with Gasteiger partial charge in [-0.2, -0.15) is 0 Å². The summed E-state index contributed by atoms with van der Waals surface area (Å²) in [6.45, 7) is 12.4. The van der Waals surface area contributed by atoms with Gasteiger partial charge in [-0.15, -0.1) is 0 Å². The van der Waals surface area contributed by atoms with Crippen molar-refractivity contribution in [1.29, 1.82) is 0 Å². The SMILES string of the molecule is CC(C)(C)[Si](C)(C)OC1[C@H](OC2[C@@H](OCc3ccccc3)[C@H]3OC(c4ccccc4)OCC3O[C@H]2Sc2ccccc2)OC2COC(c3ccccc3)O[C@@H]2[C@@H]1OCc1ccccc1. The van der Waals surface area contributed by atoms with Crippen molar-refractivity contribution in [3.63, 3.8) is 0 Å². The fraction of sp³-hybridized carbons (Fsp3) is 0.423. The molecule has 0 bridgehead atoms. The van der Waals surface area contributed by atoms with Crippen LogP contribution in [-0.2, 0) is 60.3 Å². The molecule has 0 amide bonds. The molecule has 6 unspecified atom stereocenters. The van der Waals surface area contributed by atoms with Crippen LogP contribution in [0.2, 0.25) is 18.1 Å². The largest absolute Gasteiger partial charge is 0.406 e. The van der Waals surface area contributed by atoms with Crippen LogP contribution in [0.5, 0.6) is 0 Å². The lowest BCUT2D eigenvalue weighted by Gasteiger charge is -2.54. The summed E-state index contributed by atoms with van der Waals surface area (Å²) in [5.74, 6) is 0. The Balaban J connectivity index is 1.11. The fourth-order valence-corrected chi connectivity index (χ4v) is 10.8. The lowest BCUT2D eigenvalue weighted by Crippen LogP contribution is -2.68. The molecule has 10 nitrogen and oxygen atoms in total. The van der Waals surface area contributed by atoms with Crippen molar-refractivity contribution >= 4 is 20.1 Å². The maximum Gasteiger partial charge on any atom is 0.192 e. The molecule has 338 valence electrons. The predicted octanol–water partition coefficient (Wildman–Crippen LogP) is 10.4. The van der Waals surface area contributed by atoms with Crippen molar-refractivity contribution in [1.82, 2.24) is 0 Å². The monoisotopic (exact) mass is 904 g/mol. The summed E-state index contributed by atoms with van der Waals surface area (Å²) in [5.41, 5.74) is 3.32. The van der Waals surface area contributed by atoms with Gasteiger partial charge in [0.05, 0.1) is 26.4 Å². The summed E-state index contributed by atoms with van der Waals surface area (Å²) in [6.07, 6.45) is -6.99. The highest BCUT2D eigenvalue weighted by atomic mass is 32.2. The van der Waals surface area contributed by atoms with Gasteiger partial charge in [0, 0.05) is 16.0 Å². The summed E-state index contributed by atoms with van der Waals surface area (Å²) >= 11 is 1.58. The Bertz CT molecular complexity index is 2180. The van der Waals surface area contributed by atoms with E-state index in [-0.39, 0.29) is 11.6 Å². The first kappa shape index (κ1) is 45.4. The Hall–Kier alpha value is -3.73. The van der Waals surface area contributed by atoms with Crippen LogP contribution in [-0.4, -0.2) is 82.1 Å². The van der Waals surface area contributed by atoms with Crippen LogP contribution in [0, 0.1) is 0 Å². The van der Waals surface area contributed by atoms with Crippen LogP contribution in [0.1, 0.15) is 55.6 Å². The molecule has 0 aliphatic carbocycles. The van der Waals surface area contributed by atoms with E-state index < -0.39 is 81.5 Å². The van der Waals surface area contributed by atoms with Gasteiger partial charge in [0.15, 0.2) is 27.2 Å². The van der Waals surface area contributed by atoms with E-state index in [9.17, 15) is 0 Å². The Morgan fingerprint density at radius 1 is 0.531 bits per heavy atom. The summed E-state index contributed by atoms with van der Waals surface area (Å²) in [7, 11) is -2.55. The lowest BCUT2D eigenvalue weighted by molar-refractivity contribution is -0.387. The van der Waals surface area contributed by atoms with Gasteiger partial charge in [0.2, 0.25) is 0 Å². The molecule has 4 saturated heterocycles. The molecule has 5 aromatic rings. The van der Waals surface area contributed by atoms with Gasteiger partial charge in [-0.3, -0.25) is 0 Å². The molecule has 9 rings (SSSR count). The molecule has 4 heterocycles. The Kier molecular flexibility index (Phi) is 14.5. The fourth-order valence-electron chi connectivity index (χ4n) is 8.34. The molecule has 0 radical (unpaired) electrons. The minimum Gasteiger partial charge on any atom is -0.406 e. The average Bonchev–Trinajstić information content (AvgIpc) is 3.32. The molecule has 4 aliphatic heterocycles. The summed E-state index contributed by atoms with van der Waals surface area (Å²) in [5, 5.41) is -0.155. The quantitative estimate of drug-likeness (QED) is 0.0998. The second kappa shape index (κ2) is 20.4. The van der Waals surface area contributed by atoms with Crippen LogP contribution in [0.4, 0.5) is 0 Å². The highest BCUT2D eigenvalue weighted by Gasteiger charge is 2.58. The summed E-state index contributed by atoms with van der Waals surface area (Å²) < 4.78 is 69.9. The van der Waals surface area contributed by atoms with Crippen LogP contribution in [0.15, 0.2) is 157 Å². The molecule has 12 atom stereocenters. The molecule has 0 N–H and O–H groups in total. The van der Waals surface area contributed by atoms with Gasteiger partial charge >= 0.3 is 0 Å². The third-order valence-electron chi connectivity index (χ3n) is 12.8. The third kappa shape index (κ3) is 10.6. The summed E-state index contributed by atoms with van der Waals surface area (Å²) in [6, 6.07) is 50.6. The first-order valence-electron chi connectivity index (χ1n) is 22.4. The number of benzene rings is 5. The van der Waals surface area contributed by atoms with Crippen LogP contribution < -0.4 is 0 Å². The molecule has 5 aromatic carbocycles. The van der Waals surface area contributed by atoms with E-state index in [2.05, 4.69) is 70.3 Å². The molecular formula is C52H60O10SSi. The zero-order valence-corrected chi connectivity index (χ0v) is 39.0. The number of hydrogen-bond acceptors (Lipinski definition) is 11. The van der Waals surface area contributed by atoms with Crippen molar-refractivity contribution in [3.05, 3.63) is 174 Å². The first-order chi connectivity index (χ1) is 31.1. The van der Waals surface area contributed by atoms with Crippen molar-refractivity contribution in [3.8, 4) is 0 Å². The molecular weight excluding hydrogens is 845 g/mol. The van der Waals surface area contributed by atoms with Crippen LogP contribution >= 0.6 is 11.8 Å². The number of rotatable bonds is 14. The van der Waals surface area contributed by atoms with Crippen molar-refractivity contribution < 1.29 is 47.1 Å². The van der Waals surface area contributed by atoms with Gasteiger partial charge in [-0.05, 0) is 41.4 Å². The number of ether oxygens (including phenoxy) is 9. The third-order valence-corrected chi connectivity index (χ3v) is 18.4. The van der Waals surface area contributed by atoms with E-state index in [0.29, 0.717) is 19.8 Å². The predicted molar refractivity (Wildman–Crippen MR) is 247 cm³/mol. The van der Waals surface area contributed by atoms with Crippen molar-refractivity contribution in [2.45, 2.75) is 130 Å². The maximum atomic E-state index is 7.51. The van der Waals surface area contributed by atoms with E-state index in [1.807, 2.05) is 115 Å². The second-order valence-corrected chi connectivity index (χ2v) is 24.3. The van der Waals surface area contributed by atoms with E-state index in [1.165, 1.54) is 0 Å². The van der Waals surface area contributed by atoms with Gasteiger partial charge in [-0.25, -0.2) is 0 Å². The Morgan fingerprint density at radius 2 is 0.969 bits per heavy atom. The molecule has 0 aromatic heterocycles. The average molecular weight is 905 g/mol. The Morgan fingerprint density at radius 3 is 1.45 bits per heavy atom. The Labute approximate surface area is 382 Å². The van der Waals surface area contributed by atoms with E-state index in [0.717, 1.165) is 27.1 Å². The highest BCUT2D eigenvalue weighted by Crippen LogP contribution is 2.46. The number of fused-ring (bicyclic) bond motifs is 2. The molecule has 4 fully saturated rings. The van der Waals surface area contributed by atoms with E-state index in [1.54, 1.807) is 11.8 Å². The van der Waals surface area contributed by atoms with Gasteiger partial charge in [0.1, 0.15) is 54.3 Å². The van der Waals surface area contributed by atoms with Crippen molar-refractivity contribution in [2.24, 2.45) is 0 Å². The lowest BCUT2D eigenvalue weighted by atomic mass is 9.96.